The molecule has 0 fully saturated rings. The normalized spacial score (nSPS) is 10.3. The van der Waals surface area contributed by atoms with E-state index in [0.29, 0.717) is 24.5 Å². The smallest absolute Gasteiger partial charge is 0.270 e. The highest BCUT2D eigenvalue weighted by Gasteiger charge is 2.08. The van der Waals surface area contributed by atoms with Crippen LogP contribution in [0.1, 0.15) is 21.6 Å². The van der Waals surface area contributed by atoms with Gasteiger partial charge in [-0.25, -0.2) is 0 Å². The molecule has 2 aromatic carbocycles. The largest absolute Gasteiger partial charge is 0.484 e. The molecular weight excluding hydrogens is 392 g/mol. The first-order chi connectivity index (χ1) is 15.0. The van der Waals surface area contributed by atoms with Crippen molar-refractivity contribution in [3.8, 4) is 5.75 Å². The number of likely N-dealkylation sites (N-methyl/N-ethyl adjacent to an activating group) is 1. The van der Waals surface area contributed by atoms with Gasteiger partial charge in [0.1, 0.15) is 11.4 Å². The van der Waals surface area contributed by atoms with Crippen LogP contribution in [0.5, 0.6) is 5.75 Å². The quantitative estimate of drug-likeness (QED) is 0.558. The van der Waals surface area contributed by atoms with Gasteiger partial charge in [0.15, 0.2) is 6.61 Å². The first-order valence-electron chi connectivity index (χ1n) is 9.95. The molecule has 7 heteroatoms. The summed E-state index contributed by atoms with van der Waals surface area (Å²) in [7, 11) is 3.38. The molecular formula is C24H26N4O3. The third kappa shape index (κ3) is 6.85. The van der Waals surface area contributed by atoms with Gasteiger partial charge in [-0.2, -0.15) is 0 Å². The molecule has 2 N–H and O–H groups in total. The summed E-state index contributed by atoms with van der Waals surface area (Å²) in [6.45, 7) is 0.978. The summed E-state index contributed by atoms with van der Waals surface area (Å²) in [4.78, 5) is 29.7. The van der Waals surface area contributed by atoms with E-state index in [1.54, 1.807) is 26.4 Å². The van der Waals surface area contributed by atoms with E-state index in [1.165, 1.54) is 4.90 Å². The van der Waals surface area contributed by atoms with Crippen LogP contribution in [-0.2, 0) is 17.9 Å². The Hall–Kier alpha value is -3.87. The minimum absolute atomic E-state index is 0.00428. The molecule has 160 valence electrons. The number of carbonyl (C=O) groups excluding carboxylic acids is 2. The van der Waals surface area contributed by atoms with Gasteiger partial charge in [-0.05, 0) is 35.4 Å². The fourth-order valence-corrected chi connectivity index (χ4v) is 2.76. The number of carbonyl (C=O) groups is 2. The van der Waals surface area contributed by atoms with Gasteiger partial charge in [-0.1, -0.05) is 42.5 Å². The number of aromatic nitrogens is 1. The van der Waals surface area contributed by atoms with E-state index in [-0.39, 0.29) is 18.4 Å². The summed E-state index contributed by atoms with van der Waals surface area (Å²) in [6, 6.07) is 20.8. The SMILES string of the molecule is CN(C)C(=O)COc1cccc(CNc2ccnc(C(=O)NCc3ccccc3)c2)c1. The van der Waals surface area contributed by atoms with E-state index < -0.39 is 0 Å². The van der Waals surface area contributed by atoms with E-state index in [2.05, 4.69) is 15.6 Å². The minimum atomic E-state index is -0.228. The second-order valence-electron chi connectivity index (χ2n) is 7.18. The molecule has 1 heterocycles. The van der Waals surface area contributed by atoms with Crippen molar-refractivity contribution in [3.05, 3.63) is 89.7 Å². The lowest BCUT2D eigenvalue weighted by Crippen LogP contribution is -2.27. The number of rotatable bonds is 9. The maximum Gasteiger partial charge on any atom is 0.270 e. The zero-order chi connectivity index (χ0) is 22.1. The average Bonchev–Trinajstić information content (AvgIpc) is 2.80. The van der Waals surface area contributed by atoms with Crippen molar-refractivity contribution in [2.75, 3.05) is 26.0 Å². The lowest BCUT2D eigenvalue weighted by atomic mass is 10.2. The molecule has 0 aliphatic carbocycles. The maximum absolute atomic E-state index is 12.4. The molecule has 0 aliphatic heterocycles. The van der Waals surface area contributed by atoms with E-state index in [0.717, 1.165) is 16.8 Å². The fourth-order valence-electron chi connectivity index (χ4n) is 2.76. The molecule has 0 saturated heterocycles. The fraction of sp³-hybridized carbons (Fsp3) is 0.208. The van der Waals surface area contributed by atoms with Gasteiger partial charge in [0.2, 0.25) is 0 Å². The van der Waals surface area contributed by atoms with Gasteiger partial charge in [-0.3, -0.25) is 14.6 Å². The summed E-state index contributed by atoms with van der Waals surface area (Å²) in [5, 5.41) is 6.17. The van der Waals surface area contributed by atoms with Gasteiger partial charge in [-0.15, -0.1) is 0 Å². The number of anilines is 1. The number of nitrogens with zero attached hydrogens (tertiary/aromatic N) is 2. The third-order valence-electron chi connectivity index (χ3n) is 4.54. The van der Waals surface area contributed by atoms with E-state index in [1.807, 2.05) is 60.7 Å². The van der Waals surface area contributed by atoms with Crippen LogP contribution >= 0.6 is 0 Å². The molecule has 1 aromatic heterocycles. The van der Waals surface area contributed by atoms with Gasteiger partial charge < -0.3 is 20.3 Å². The van der Waals surface area contributed by atoms with Crippen molar-refractivity contribution in [3.63, 3.8) is 0 Å². The topological polar surface area (TPSA) is 83.6 Å². The van der Waals surface area contributed by atoms with E-state index in [4.69, 9.17) is 4.74 Å². The monoisotopic (exact) mass is 418 g/mol. The van der Waals surface area contributed by atoms with E-state index >= 15 is 0 Å². The minimum Gasteiger partial charge on any atom is -0.484 e. The molecule has 7 nitrogen and oxygen atoms in total. The van der Waals surface area contributed by atoms with Crippen LogP contribution in [-0.4, -0.2) is 42.4 Å². The standard InChI is InChI=1S/C24H26N4O3/c1-28(2)23(29)17-31-21-10-6-9-19(13-21)16-26-20-11-12-25-22(14-20)24(30)27-15-18-7-4-3-5-8-18/h3-14H,15-17H2,1-2H3,(H,25,26)(H,27,30). The van der Waals surface area contributed by atoms with Crippen LogP contribution in [0, 0.1) is 0 Å². The van der Waals surface area contributed by atoms with Crippen molar-refractivity contribution in [1.29, 1.82) is 0 Å². The van der Waals surface area contributed by atoms with Crippen molar-refractivity contribution in [2.24, 2.45) is 0 Å². The predicted molar refractivity (Wildman–Crippen MR) is 120 cm³/mol. The van der Waals surface area contributed by atoms with Crippen molar-refractivity contribution in [2.45, 2.75) is 13.1 Å². The lowest BCUT2D eigenvalue weighted by Gasteiger charge is -2.12. The number of amides is 2. The van der Waals surface area contributed by atoms with Crippen LogP contribution in [0.2, 0.25) is 0 Å². The van der Waals surface area contributed by atoms with Gasteiger partial charge in [0, 0.05) is 39.1 Å². The predicted octanol–water partition coefficient (Wildman–Crippen LogP) is 3.09. The van der Waals surface area contributed by atoms with E-state index in [9.17, 15) is 9.59 Å². The summed E-state index contributed by atoms with van der Waals surface area (Å²) in [5.74, 6) is 0.303. The lowest BCUT2D eigenvalue weighted by molar-refractivity contribution is -0.130. The molecule has 0 aliphatic rings. The number of hydrogen-bond donors (Lipinski definition) is 2. The highest BCUT2D eigenvalue weighted by molar-refractivity contribution is 5.93. The Morgan fingerprint density at radius 2 is 1.71 bits per heavy atom. The highest BCUT2D eigenvalue weighted by atomic mass is 16.5. The Morgan fingerprint density at radius 1 is 0.935 bits per heavy atom. The number of hydrogen-bond acceptors (Lipinski definition) is 5. The Kier molecular flexibility index (Phi) is 7.59. The van der Waals surface area contributed by atoms with Crippen molar-refractivity contribution >= 4 is 17.5 Å². The first kappa shape index (κ1) is 21.8. The molecule has 0 bridgehead atoms. The second kappa shape index (κ2) is 10.8. The molecule has 3 aromatic rings. The number of benzene rings is 2. The molecule has 0 unspecified atom stereocenters. The van der Waals surface area contributed by atoms with Gasteiger partial charge >= 0.3 is 0 Å². The van der Waals surface area contributed by atoms with Crippen LogP contribution in [0.3, 0.4) is 0 Å². The first-order valence-corrected chi connectivity index (χ1v) is 9.95. The zero-order valence-electron chi connectivity index (χ0n) is 17.7. The molecule has 0 radical (unpaired) electrons. The Bertz CT molecular complexity index is 1020. The summed E-state index contributed by atoms with van der Waals surface area (Å²) in [5.41, 5.74) is 3.15. The van der Waals surface area contributed by atoms with Crippen molar-refractivity contribution < 1.29 is 14.3 Å². The van der Waals surface area contributed by atoms with Crippen LogP contribution in [0.15, 0.2) is 72.9 Å². The summed E-state index contributed by atoms with van der Waals surface area (Å²) in [6.07, 6.45) is 1.60. The second-order valence-corrected chi connectivity index (χ2v) is 7.18. The number of nitrogens with one attached hydrogen (secondary N) is 2. The Morgan fingerprint density at radius 3 is 2.48 bits per heavy atom. The molecule has 0 atom stereocenters. The van der Waals surface area contributed by atoms with Crippen molar-refractivity contribution in [1.82, 2.24) is 15.2 Å². The summed E-state index contributed by atoms with van der Waals surface area (Å²) >= 11 is 0. The Balaban J connectivity index is 1.54. The Labute approximate surface area is 182 Å². The third-order valence-corrected chi connectivity index (χ3v) is 4.54. The molecule has 3 rings (SSSR count). The number of ether oxygens (including phenoxy) is 1. The molecule has 2 amide bonds. The van der Waals surface area contributed by atoms with Crippen LogP contribution in [0.25, 0.3) is 0 Å². The average molecular weight is 418 g/mol. The maximum atomic E-state index is 12.4. The van der Waals surface area contributed by atoms with Gasteiger partial charge in [0.05, 0.1) is 0 Å². The van der Waals surface area contributed by atoms with Crippen LogP contribution in [0.4, 0.5) is 5.69 Å². The molecule has 31 heavy (non-hydrogen) atoms. The zero-order valence-corrected chi connectivity index (χ0v) is 17.7. The summed E-state index contributed by atoms with van der Waals surface area (Å²) < 4.78 is 5.55. The molecule has 0 spiro atoms. The van der Waals surface area contributed by atoms with Gasteiger partial charge in [0.25, 0.3) is 11.8 Å². The highest BCUT2D eigenvalue weighted by Crippen LogP contribution is 2.16. The number of pyridine rings is 1. The molecule has 0 saturated carbocycles. The van der Waals surface area contributed by atoms with Crippen LogP contribution < -0.4 is 15.4 Å².